The Morgan fingerprint density at radius 1 is 0.273 bits per heavy atom. The standard InChI is InChI=1S/C71H114O6/c1-4-7-10-13-16-18-20-22-24-26-28-30-32-33-34-35-36-37-39-40-42-44-46-48-50-52-55-58-61-64-70(73)76-67-68(66-75-69(72)63-60-57-54-15-12-9-6-3)77-71(74)65-62-59-56-53-51-49-47-45-43-41-38-31-29-27-25-23-21-19-17-14-11-8-5-2/h7-8,10-11,16-19,22-25,28-31,33-34,41,43,47,49,53,56,68H,4-6,9,12-15,20-21,26-27,32,35-40,42,44-46,48,50-52,54-55,57-67H2,1-3H3/b10-7-,11-8-,18-16-,19-17-,24-22-,25-23-,30-28-,31-29-,34-33-,43-41-,49-47-,56-53-. The monoisotopic (exact) mass is 1060 g/mol. The van der Waals surface area contributed by atoms with Crippen molar-refractivity contribution >= 4 is 17.9 Å². The highest BCUT2D eigenvalue weighted by molar-refractivity contribution is 5.71. The van der Waals surface area contributed by atoms with Gasteiger partial charge in [0.05, 0.1) is 0 Å². The molecule has 0 aromatic heterocycles. The van der Waals surface area contributed by atoms with E-state index in [1.54, 1.807) is 0 Å². The average Bonchev–Trinajstić information content (AvgIpc) is 3.43. The highest BCUT2D eigenvalue weighted by atomic mass is 16.6. The van der Waals surface area contributed by atoms with Crippen molar-refractivity contribution in [3.05, 3.63) is 146 Å². The maximum absolute atomic E-state index is 12.8. The van der Waals surface area contributed by atoms with E-state index in [2.05, 4.69) is 167 Å². The van der Waals surface area contributed by atoms with Crippen LogP contribution in [0.15, 0.2) is 146 Å². The Balaban J connectivity index is 4.24. The van der Waals surface area contributed by atoms with Gasteiger partial charge in [0, 0.05) is 19.3 Å². The first kappa shape index (κ1) is 72.3. The molecule has 434 valence electrons. The molecule has 6 nitrogen and oxygen atoms in total. The lowest BCUT2D eigenvalue weighted by molar-refractivity contribution is -0.167. The first-order valence-corrected chi connectivity index (χ1v) is 31.3. The number of rotatable bonds is 55. The Kier molecular flexibility index (Phi) is 59.9. The zero-order chi connectivity index (χ0) is 55.7. The van der Waals surface area contributed by atoms with Gasteiger partial charge in [-0.15, -0.1) is 0 Å². The van der Waals surface area contributed by atoms with Crippen molar-refractivity contribution in [3.63, 3.8) is 0 Å². The van der Waals surface area contributed by atoms with Crippen LogP contribution in [-0.2, 0) is 28.6 Å². The molecule has 0 heterocycles. The van der Waals surface area contributed by atoms with Gasteiger partial charge in [-0.2, -0.15) is 0 Å². The molecule has 0 aliphatic heterocycles. The Morgan fingerprint density at radius 2 is 0.519 bits per heavy atom. The summed E-state index contributed by atoms with van der Waals surface area (Å²) in [6.45, 7) is 6.32. The van der Waals surface area contributed by atoms with Crippen LogP contribution in [0.5, 0.6) is 0 Å². The summed E-state index contributed by atoms with van der Waals surface area (Å²) in [6.07, 6.45) is 91.7. The van der Waals surface area contributed by atoms with Crippen LogP contribution in [0.4, 0.5) is 0 Å². The number of hydrogen-bond acceptors (Lipinski definition) is 6. The molecule has 0 radical (unpaired) electrons. The van der Waals surface area contributed by atoms with E-state index in [-0.39, 0.29) is 37.5 Å². The molecule has 1 atom stereocenters. The predicted octanol–water partition coefficient (Wildman–Crippen LogP) is 21.5. The molecule has 0 spiro atoms. The third kappa shape index (κ3) is 62.0. The van der Waals surface area contributed by atoms with Gasteiger partial charge in [0.15, 0.2) is 6.10 Å². The van der Waals surface area contributed by atoms with Gasteiger partial charge >= 0.3 is 17.9 Å². The normalized spacial score (nSPS) is 13.1. The molecule has 0 amide bonds. The van der Waals surface area contributed by atoms with Gasteiger partial charge in [-0.05, 0) is 116 Å². The van der Waals surface area contributed by atoms with Crippen LogP contribution in [0.3, 0.4) is 0 Å². The van der Waals surface area contributed by atoms with Gasteiger partial charge in [0.25, 0.3) is 0 Å². The largest absolute Gasteiger partial charge is 0.462 e. The molecular weight excluding hydrogens is 949 g/mol. The summed E-state index contributed by atoms with van der Waals surface area (Å²) < 4.78 is 16.8. The molecule has 77 heavy (non-hydrogen) atoms. The molecule has 0 rings (SSSR count). The molecule has 1 unspecified atom stereocenters. The third-order valence-corrected chi connectivity index (χ3v) is 12.8. The lowest BCUT2D eigenvalue weighted by Crippen LogP contribution is -2.30. The molecule has 0 saturated carbocycles. The van der Waals surface area contributed by atoms with E-state index in [1.165, 1.54) is 96.3 Å². The predicted molar refractivity (Wildman–Crippen MR) is 334 cm³/mol. The van der Waals surface area contributed by atoms with Gasteiger partial charge in [-0.25, -0.2) is 0 Å². The smallest absolute Gasteiger partial charge is 0.306 e. The molecule has 0 aromatic rings. The molecule has 0 aliphatic carbocycles. The van der Waals surface area contributed by atoms with E-state index >= 15 is 0 Å². The second-order valence-electron chi connectivity index (χ2n) is 20.2. The van der Waals surface area contributed by atoms with Crippen LogP contribution >= 0.6 is 0 Å². The molecule has 0 N–H and O–H groups in total. The maximum Gasteiger partial charge on any atom is 0.306 e. The lowest BCUT2D eigenvalue weighted by Gasteiger charge is -2.18. The van der Waals surface area contributed by atoms with Gasteiger partial charge in [0.1, 0.15) is 13.2 Å². The summed E-state index contributed by atoms with van der Waals surface area (Å²) in [5.74, 6) is -0.975. The number of hydrogen-bond donors (Lipinski definition) is 0. The summed E-state index contributed by atoms with van der Waals surface area (Å²) >= 11 is 0. The fraction of sp³-hybridized carbons (Fsp3) is 0.620. The van der Waals surface area contributed by atoms with Crippen molar-refractivity contribution in [1.82, 2.24) is 0 Å². The number of esters is 3. The van der Waals surface area contributed by atoms with Crippen LogP contribution in [0.25, 0.3) is 0 Å². The first-order valence-electron chi connectivity index (χ1n) is 31.3. The lowest BCUT2D eigenvalue weighted by atomic mass is 10.0. The van der Waals surface area contributed by atoms with Crippen LogP contribution in [0.2, 0.25) is 0 Å². The van der Waals surface area contributed by atoms with Crippen molar-refractivity contribution in [3.8, 4) is 0 Å². The van der Waals surface area contributed by atoms with E-state index in [4.69, 9.17) is 14.2 Å². The Morgan fingerprint density at radius 3 is 0.831 bits per heavy atom. The van der Waals surface area contributed by atoms with Gasteiger partial charge in [0.2, 0.25) is 0 Å². The van der Waals surface area contributed by atoms with Crippen molar-refractivity contribution in [2.45, 2.75) is 271 Å². The second-order valence-corrected chi connectivity index (χ2v) is 20.2. The first-order chi connectivity index (χ1) is 38.0. The molecule has 0 fully saturated rings. The van der Waals surface area contributed by atoms with E-state index in [1.807, 2.05) is 0 Å². The zero-order valence-electron chi connectivity index (χ0n) is 49.7. The minimum absolute atomic E-state index is 0.105. The van der Waals surface area contributed by atoms with Crippen LogP contribution in [-0.4, -0.2) is 37.2 Å². The number of unbranched alkanes of at least 4 members (excludes halogenated alkanes) is 20. The molecule has 0 aromatic carbocycles. The summed E-state index contributed by atoms with van der Waals surface area (Å²) in [7, 11) is 0. The Labute approximate surface area is 474 Å². The van der Waals surface area contributed by atoms with Gasteiger partial charge < -0.3 is 14.2 Å². The fourth-order valence-electron chi connectivity index (χ4n) is 8.22. The van der Waals surface area contributed by atoms with Crippen molar-refractivity contribution in [1.29, 1.82) is 0 Å². The van der Waals surface area contributed by atoms with Crippen LogP contribution < -0.4 is 0 Å². The highest BCUT2D eigenvalue weighted by Crippen LogP contribution is 2.15. The molecule has 0 aliphatic rings. The molecule has 6 heteroatoms. The van der Waals surface area contributed by atoms with Crippen LogP contribution in [0.1, 0.15) is 265 Å². The second kappa shape index (κ2) is 63.8. The maximum atomic E-state index is 12.8. The topological polar surface area (TPSA) is 78.9 Å². The number of carbonyl (C=O) groups is 3. The fourth-order valence-corrected chi connectivity index (χ4v) is 8.22. The van der Waals surface area contributed by atoms with Crippen LogP contribution in [0, 0.1) is 0 Å². The minimum Gasteiger partial charge on any atom is -0.462 e. The average molecular weight is 1060 g/mol. The minimum atomic E-state index is -0.812. The van der Waals surface area contributed by atoms with Gasteiger partial charge in [-0.1, -0.05) is 276 Å². The van der Waals surface area contributed by atoms with E-state index in [0.29, 0.717) is 19.3 Å². The van der Waals surface area contributed by atoms with Crippen molar-refractivity contribution < 1.29 is 28.6 Å². The summed E-state index contributed by atoms with van der Waals surface area (Å²) in [6, 6.07) is 0. The van der Waals surface area contributed by atoms with Crippen molar-refractivity contribution in [2.75, 3.05) is 13.2 Å². The van der Waals surface area contributed by atoms with Gasteiger partial charge in [-0.3, -0.25) is 14.4 Å². The third-order valence-electron chi connectivity index (χ3n) is 12.8. The zero-order valence-corrected chi connectivity index (χ0v) is 49.7. The number of ether oxygens (including phenoxy) is 3. The molecule has 0 saturated heterocycles. The summed E-state index contributed by atoms with van der Waals surface area (Å²) in [5, 5.41) is 0. The highest BCUT2D eigenvalue weighted by Gasteiger charge is 2.19. The Bertz CT molecular complexity index is 1700. The SMILES string of the molecule is CC/C=C\C/C=C\C/C=C\C/C=C\C/C=C\C/C=C\C/C=C\CCCC(=O)OC(COC(=O)CCCCCCCCC)COC(=O)CCCCCCCCCCCCCCC/C=C\C/C=C\C/C=C\C/C=C\C/C=C\CC. The molecule has 0 bridgehead atoms. The summed E-state index contributed by atoms with van der Waals surface area (Å²) in [5.41, 5.74) is 0. The van der Waals surface area contributed by atoms with Crippen molar-refractivity contribution in [2.24, 2.45) is 0 Å². The number of carbonyl (C=O) groups excluding carboxylic acids is 3. The van der Waals surface area contributed by atoms with E-state index < -0.39 is 6.10 Å². The molecular formula is C71H114O6. The number of allylic oxidation sites excluding steroid dienone is 24. The van der Waals surface area contributed by atoms with E-state index in [9.17, 15) is 14.4 Å². The quantitative estimate of drug-likeness (QED) is 0.0261. The Hall–Kier alpha value is -4.71. The van der Waals surface area contributed by atoms with E-state index in [0.717, 1.165) is 122 Å². The summed E-state index contributed by atoms with van der Waals surface area (Å²) in [4.78, 5) is 38.0.